The van der Waals surface area contributed by atoms with Gasteiger partial charge in [0, 0.05) is 29.6 Å². The lowest BCUT2D eigenvalue weighted by molar-refractivity contribution is 0.262. The van der Waals surface area contributed by atoms with Gasteiger partial charge in [0.2, 0.25) is 0 Å². The van der Waals surface area contributed by atoms with Crippen LogP contribution >= 0.6 is 0 Å². The average molecular weight is 287 g/mol. The van der Waals surface area contributed by atoms with E-state index in [0.29, 0.717) is 23.0 Å². The summed E-state index contributed by atoms with van der Waals surface area (Å²) in [7, 11) is 3.10. The van der Waals surface area contributed by atoms with Crippen molar-refractivity contribution in [1.82, 2.24) is 4.98 Å². The normalized spacial score (nSPS) is 9.86. The summed E-state index contributed by atoms with van der Waals surface area (Å²) in [5.41, 5.74) is 1.40. The topological polar surface area (TPSA) is 72.5 Å². The lowest BCUT2D eigenvalue weighted by Gasteiger charge is -2.10. The molecule has 0 aliphatic carbocycles. The van der Waals surface area contributed by atoms with E-state index in [-0.39, 0.29) is 6.03 Å². The molecule has 2 N–H and O–H groups in total. The van der Waals surface area contributed by atoms with Gasteiger partial charge in [0.1, 0.15) is 17.3 Å². The second-order valence-corrected chi connectivity index (χ2v) is 4.34. The monoisotopic (exact) mass is 287 g/mol. The largest absolute Gasteiger partial charge is 0.497 e. The van der Waals surface area contributed by atoms with Crippen molar-refractivity contribution in [3.63, 3.8) is 0 Å². The zero-order valence-electron chi connectivity index (χ0n) is 12.1. The number of nitrogens with zero attached hydrogens (tertiary/aromatic N) is 1. The molecule has 0 aliphatic rings. The predicted molar refractivity (Wildman–Crippen MR) is 81.2 cm³/mol. The standard InChI is InChI=1S/C15H17N3O3/c1-10-5-4-6-14(16-10)18-15(19)17-11-7-12(20-2)9-13(8-11)21-3/h4-9H,1-3H3,(H2,16,17,18,19). The van der Waals surface area contributed by atoms with E-state index in [1.807, 2.05) is 19.1 Å². The van der Waals surface area contributed by atoms with Crippen molar-refractivity contribution in [1.29, 1.82) is 0 Å². The SMILES string of the molecule is COc1cc(NC(=O)Nc2cccc(C)n2)cc(OC)c1. The number of amides is 2. The lowest BCUT2D eigenvalue weighted by Crippen LogP contribution is -2.20. The number of methoxy groups -OCH3 is 2. The van der Waals surface area contributed by atoms with Gasteiger partial charge in [-0.15, -0.1) is 0 Å². The van der Waals surface area contributed by atoms with Crippen molar-refractivity contribution in [2.75, 3.05) is 24.9 Å². The summed E-state index contributed by atoms with van der Waals surface area (Å²) < 4.78 is 10.3. The first-order valence-corrected chi connectivity index (χ1v) is 6.35. The number of carbonyl (C=O) groups excluding carboxylic acids is 1. The number of nitrogens with one attached hydrogen (secondary N) is 2. The number of hydrogen-bond donors (Lipinski definition) is 2. The first-order chi connectivity index (χ1) is 10.1. The Balaban J connectivity index is 2.08. The van der Waals surface area contributed by atoms with Crippen LogP contribution in [0.2, 0.25) is 0 Å². The van der Waals surface area contributed by atoms with Crippen LogP contribution in [0.4, 0.5) is 16.3 Å². The third kappa shape index (κ3) is 4.10. The lowest BCUT2D eigenvalue weighted by atomic mass is 10.3. The highest BCUT2D eigenvalue weighted by atomic mass is 16.5. The van der Waals surface area contributed by atoms with Crippen LogP contribution in [-0.4, -0.2) is 25.2 Å². The number of aromatic nitrogens is 1. The molecule has 0 bridgehead atoms. The molecular formula is C15H17N3O3. The molecule has 2 aromatic rings. The molecule has 0 aliphatic heterocycles. The third-order valence-electron chi connectivity index (χ3n) is 2.74. The summed E-state index contributed by atoms with van der Waals surface area (Å²) in [6.07, 6.45) is 0. The maximum absolute atomic E-state index is 11.9. The number of urea groups is 1. The van der Waals surface area contributed by atoms with Crippen molar-refractivity contribution >= 4 is 17.5 Å². The molecule has 0 saturated heterocycles. The predicted octanol–water partition coefficient (Wildman–Crippen LogP) is 3.05. The zero-order chi connectivity index (χ0) is 15.2. The second kappa shape index (κ2) is 6.60. The first-order valence-electron chi connectivity index (χ1n) is 6.35. The smallest absolute Gasteiger partial charge is 0.324 e. The van der Waals surface area contributed by atoms with Gasteiger partial charge in [-0.25, -0.2) is 9.78 Å². The van der Waals surface area contributed by atoms with Crippen molar-refractivity contribution < 1.29 is 14.3 Å². The molecule has 0 atom stereocenters. The number of benzene rings is 1. The fourth-order valence-electron chi connectivity index (χ4n) is 1.77. The summed E-state index contributed by atoms with van der Waals surface area (Å²) in [5, 5.41) is 5.37. The first kappa shape index (κ1) is 14.6. The number of aryl methyl sites for hydroxylation is 1. The van der Waals surface area contributed by atoms with Crippen molar-refractivity contribution in [3.8, 4) is 11.5 Å². The maximum Gasteiger partial charge on any atom is 0.324 e. The fraction of sp³-hybridized carbons (Fsp3) is 0.200. The number of ether oxygens (including phenoxy) is 2. The molecule has 6 nitrogen and oxygen atoms in total. The Kier molecular flexibility index (Phi) is 4.61. The van der Waals surface area contributed by atoms with Gasteiger partial charge in [0.05, 0.1) is 14.2 Å². The molecule has 110 valence electrons. The Morgan fingerprint density at radius 1 is 1.05 bits per heavy atom. The molecule has 21 heavy (non-hydrogen) atoms. The van der Waals surface area contributed by atoms with Crippen LogP contribution in [-0.2, 0) is 0 Å². The van der Waals surface area contributed by atoms with Crippen LogP contribution in [0.3, 0.4) is 0 Å². The van der Waals surface area contributed by atoms with E-state index in [1.165, 1.54) is 0 Å². The molecule has 1 aromatic carbocycles. The quantitative estimate of drug-likeness (QED) is 0.906. The molecular weight excluding hydrogens is 270 g/mol. The summed E-state index contributed by atoms with van der Waals surface area (Å²) in [6.45, 7) is 1.86. The van der Waals surface area contributed by atoms with Crippen molar-refractivity contribution in [3.05, 3.63) is 42.1 Å². The molecule has 0 spiro atoms. The average Bonchev–Trinajstić information content (AvgIpc) is 2.46. The minimum Gasteiger partial charge on any atom is -0.497 e. The van der Waals surface area contributed by atoms with E-state index >= 15 is 0 Å². The summed E-state index contributed by atoms with van der Waals surface area (Å²) >= 11 is 0. The highest BCUT2D eigenvalue weighted by Crippen LogP contribution is 2.25. The van der Waals surface area contributed by atoms with Crippen molar-refractivity contribution in [2.45, 2.75) is 6.92 Å². The minimum absolute atomic E-state index is 0.386. The van der Waals surface area contributed by atoms with E-state index in [4.69, 9.17) is 9.47 Å². The summed E-state index contributed by atoms with van der Waals surface area (Å²) in [6, 6.07) is 10.1. The van der Waals surface area contributed by atoms with E-state index < -0.39 is 0 Å². The van der Waals surface area contributed by atoms with Crippen LogP contribution in [0.5, 0.6) is 11.5 Å². The van der Waals surface area contributed by atoms with Gasteiger partial charge in [-0.05, 0) is 19.1 Å². The molecule has 6 heteroatoms. The van der Waals surface area contributed by atoms with E-state index in [0.717, 1.165) is 5.69 Å². The van der Waals surface area contributed by atoms with Gasteiger partial charge in [0.15, 0.2) is 0 Å². The van der Waals surface area contributed by atoms with Crippen LogP contribution in [0.15, 0.2) is 36.4 Å². The van der Waals surface area contributed by atoms with Gasteiger partial charge in [-0.1, -0.05) is 6.07 Å². The van der Waals surface area contributed by atoms with E-state index in [1.54, 1.807) is 38.5 Å². The molecule has 2 amide bonds. The van der Waals surface area contributed by atoms with Gasteiger partial charge in [-0.3, -0.25) is 5.32 Å². The Morgan fingerprint density at radius 3 is 2.29 bits per heavy atom. The highest BCUT2D eigenvalue weighted by Gasteiger charge is 2.07. The zero-order valence-corrected chi connectivity index (χ0v) is 12.1. The van der Waals surface area contributed by atoms with Crippen LogP contribution in [0, 0.1) is 6.92 Å². The Bertz CT molecular complexity index is 622. The van der Waals surface area contributed by atoms with Crippen LogP contribution in [0.1, 0.15) is 5.69 Å². The van der Waals surface area contributed by atoms with Gasteiger partial charge < -0.3 is 14.8 Å². The third-order valence-corrected chi connectivity index (χ3v) is 2.74. The fourth-order valence-corrected chi connectivity index (χ4v) is 1.77. The minimum atomic E-state index is -0.386. The molecule has 1 aromatic heterocycles. The number of pyridine rings is 1. The van der Waals surface area contributed by atoms with Gasteiger partial charge >= 0.3 is 6.03 Å². The maximum atomic E-state index is 11.9. The molecule has 0 radical (unpaired) electrons. The molecule has 1 heterocycles. The van der Waals surface area contributed by atoms with Crippen molar-refractivity contribution in [2.24, 2.45) is 0 Å². The van der Waals surface area contributed by atoms with Crippen LogP contribution < -0.4 is 20.1 Å². The second-order valence-electron chi connectivity index (χ2n) is 4.34. The number of anilines is 2. The Morgan fingerprint density at radius 2 is 1.71 bits per heavy atom. The van der Waals surface area contributed by atoms with E-state index in [9.17, 15) is 4.79 Å². The Hall–Kier alpha value is -2.76. The molecule has 0 unspecified atom stereocenters. The van der Waals surface area contributed by atoms with Gasteiger partial charge in [-0.2, -0.15) is 0 Å². The summed E-state index contributed by atoms with van der Waals surface area (Å²) in [5.74, 6) is 1.68. The molecule has 0 fully saturated rings. The van der Waals surface area contributed by atoms with Gasteiger partial charge in [0.25, 0.3) is 0 Å². The molecule has 2 rings (SSSR count). The number of rotatable bonds is 4. The van der Waals surface area contributed by atoms with E-state index in [2.05, 4.69) is 15.6 Å². The van der Waals surface area contributed by atoms with Crippen LogP contribution in [0.25, 0.3) is 0 Å². The highest BCUT2D eigenvalue weighted by molar-refractivity contribution is 5.99. The molecule has 0 saturated carbocycles. The summed E-state index contributed by atoms with van der Waals surface area (Å²) in [4.78, 5) is 16.1. The number of hydrogen-bond acceptors (Lipinski definition) is 4. The number of carbonyl (C=O) groups is 1. The Labute approximate surface area is 123 Å².